The minimum absolute atomic E-state index is 0.107. The molecule has 0 aromatic carbocycles. The average molecular weight is 283 g/mol. The minimum Gasteiger partial charge on any atom is -0.444 e. The number of carbonyl (C=O) groups excluding carboxylic acids is 1. The van der Waals surface area contributed by atoms with Crippen molar-refractivity contribution in [3.63, 3.8) is 0 Å². The van der Waals surface area contributed by atoms with Crippen molar-refractivity contribution in [2.75, 3.05) is 11.9 Å². The number of ether oxygens (including phenoxy) is 1. The first kappa shape index (κ1) is 14.3. The number of nitrogens with two attached hydrogens (primary N) is 1. The van der Waals surface area contributed by atoms with Gasteiger partial charge in [-0.3, -0.25) is 5.32 Å². The summed E-state index contributed by atoms with van der Waals surface area (Å²) in [4.78, 5) is 17.3. The first-order chi connectivity index (χ1) is 8.76. The van der Waals surface area contributed by atoms with Crippen LogP contribution in [0.15, 0.2) is 0 Å². The molecular weight excluding hydrogens is 262 g/mol. The van der Waals surface area contributed by atoms with Crippen LogP contribution in [0.4, 0.5) is 9.93 Å². The van der Waals surface area contributed by atoms with Crippen LogP contribution in [0.5, 0.6) is 0 Å². The Balaban J connectivity index is 2.07. The van der Waals surface area contributed by atoms with Crippen LogP contribution in [-0.2, 0) is 10.2 Å². The molecule has 1 aliphatic carbocycles. The Morgan fingerprint density at radius 2 is 2.16 bits per heavy atom. The average Bonchev–Trinajstić information content (AvgIpc) is 2.96. The number of rotatable bonds is 3. The second-order valence-corrected chi connectivity index (χ2v) is 7.04. The molecule has 1 aromatic rings. The summed E-state index contributed by atoms with van der Waals surface area (Å²) < 4.78 is 5.21. The lowest BCUT2D eigenvalue weighted by Crippen LogP contribution is -2.27. The molecule has 3 N–H and O–H groups in total. The molecule has 0 radical (unpaired) electrons. The second kappa shape index (κ2) is 4.76. The van der Waals surface area contributed by atoms with Crippen LogP contribution in [0.1, 0.15) is 44.2 Å². The maximum absolute atomic E-state index is 11.7. The quantitative estimate of drug-likeness (QED) is 0.894. The third-order valence-electron chi connectivity index (χ3n) is 3.13. The number of hydrogen-bond donors (Lipinski definition) is 2. The van der Waals surface area contributed by atoms with Gasteiger partial charge in [-0.15, -0.1) is 11.3 Å². The van der Waals surface area contributed by atoms with Gasteiger partial charge in [-0.25, -0.2) is 9.78 Å². The topological polar surface area (TPSA) is 77.2 Å². The predicted molar refractivity (Wildman–Crippen MR) is 76.7 cm³/mol. The molecule has 2 rings (SSSR count). The van der Waals surface area contributed by atoms with E-state index in [1.807, 2.05) is 27.7 Å². The Labute approximate surface area is 117 Å². The molecule has 1 amide bonds. The number of hydrogen-bond acceptors (Lipinski definition) is 5. The van der Waals surface area contributed by atoms with Crippen LogP contribution in [-0.4, -0.2) is 23.2 Å². The molecule has 1 aromatic heterocycles. The summed E-state index contributed by atoms with van der Waals surface area (Å²) in [6.45, 7) is 8.10. The normalized spacial score (nSPS) is 17.1. The Kier molecular flexibility index (Phi) is 3.57. The molecule has 0 saturated heterocycles. The van der Waals surface area contributed by atoms with Crippen molar-refractivity contribution in [2.45, 2.75) is 51.6 Å². The van der Waals surface area contributed by atoms with E-state index in [0.29, 0.717) is 11.7 Å². The van der Waals surface area contributed by atoms with Crippen molar-refractivity contribution in [3.05, 3.63) is 10.6 Å². The Morgan fingerprint density at radius 3 is 2.63 bits per heavy atom. The Bertz CT molecular complexity index is 487. The molecule has 1 aliphatic rings. The van der Waals surface area contributed by atoms with Gasteiger partial charge in [0.05, 0.1) is 5.69 Å². The van der Waals surface area contributed by atoms with E-state index in [9.17, 15) is 4.79 Å². The number of thiazole rings is 1. The smallest absolute Gasteiger partial charge is 0.413 e. The lowest BCUT2D eigenvalue weighted by molar-refractivity contribution is 0.0636. The molecule has 0 atom stereocenters. The van der Waals surface area contributed by atoms with Gasteiger partial charge in [-0.2, -0.15) is 0 Å². The first-order valence-electron chi connectivity index (χ1n) is 6.44. The van der Waals surface area contributed by atoms with Gasteiger partial charge >= 0.3 is 6.09 Å². The highest BCUT2D eigenvalue weighted by atomic mass is 32.1. The van der Waals surface area contributed by atoms with Crippen molar-refractivity contribution in [2.24, 2.45) is 5.73 Å². The summed E-state index contributed by atoms with van der Waals surface area (Å²) in [5, 5.41) is 3.27. The maximum atomic E-state index is 11.7. The number of nitrogens with one attached hydrogen (secondary N) is 1. The molecule has 0 bridgehead atoms. The van der Waals surface area contributed by atoms with Gasteiger partial charge < -0.3 is 10.5 Å². The summed E-state index contributed by atoms with van der Waals surface area (Å²) in [6, 6.07) is 0. The SMILES string of the molecule is Cc1nc(NC(=O)OC(C)(C)C)sc1C1(CN)CC1. The molecule has 1 fully saturated rings. The largest absolute Gasteiger partial charge is 0.444 e. The van der Waals surface area contributed by atoms with E-state index in [1.165, 1.54) is 16.2 Å². The fourth-order valence-corrected chi connectivity index (χ4v) is 3.22. The van der Waals surface area contributed by atoms with Crippen LogP contribution in [0.2, 0.25) is 0 Å². The van der Waals surface area contributed by atoms with E-state index >= 15 is 0 Å². The third kappa shape index (κ3) is 3.25. The molecular formula is C13H21N3O2S. The summed E-state index contributed by atoms with van der Waals surface area (Å²) in [7, 11) is 0. The van der Waals surface area contributed by atoms with Gasteiger partial charge in [0.25, 0.3) is 0 Å². The van der Waals surface area contributed by atoms with E-state index in [4.69, 9.17) is 10.5 Å². The highest BCUT2D eigenvalue weighted by Crippen LogP contribution is 2.51. The zero-order valence-electron chi connectivity index (χ0n) is 11.9. The molecule has 1 heterocycles. The van der Waals surface area contributed by atoms with Crippen molar-refractivity contribution < 1.29 is 9.53 Å². The predicted octanol–water partition coefficient (Wildman–Crippen LogP) is 2.79. The van der Waals surface area contributed by atoms with E-state index in [-0.39, 0.29) is 5.41 Å². The van der Waals surface area contributed by atoms with E-state index < -0.39 is 11.7 Å². The maximum Gasteiger partial charge on any atom is 0.413 e. The molecule has 106 valence electrons. The number of carbonyl (C=O) groups is 1. The van der Waals surface area contributed by atoms with Gasteiger partial charge in [0.1, 0.15) is 5.60 Å². The summed E-state index contributed by atoms with van der Waals surface area (Å²) in [5.74, 6) is 0. The molecule has 0 aliphatic heterocycles. The number of aryl methyl sites for hydroxylation is 1. The van der Waals surface area contributed by atoms with Crippen molar-refractivity contribution >= 4 is 22.6 Å². The minimum atomic E-state index is -0.506. The van der Waals surface area contributed by atoms with Crippen molar-refractivity contribution in [1.29, 1.82) is 0 Å². The summed E-state index contributed by atoms with van der Waals surface area (Å²) in [6.07, 6.45) is 1.75. The van der Waals surface area contributed by atoms with Crippen LogP contribution < -0.4 is 11.1 Å². The van der Waals surface area contributed by atoms with E-state index in [0.717, 1.165) is 18.5 Å². The fraction of sp³-hybridized carbons (Fsp3) is 0.692. The first-order valence-corrected chi connectivity index (χ1v) is 7.25. The van der Waals surface area contributed by atoms with Crippen molar-refractivity contribution in [3.8, 4) is 0 Å². The van der Waals surface area contributed by atoms with Gasteiger partial charge in [0.2, 0.25) is 0 Å². The lowest BCUT2D eigenvalue weighted by atomic mass is 10.0. The fourth-order valence-electron chi connectivity index (χ4n) is 2.01. The molecule has 0 unspecified atom stereocenters. The summed E-state index contributed by atoms with van der Waals surface area (Å²) in [5.41, 5.74) is 6.39. The zero-order chi connectivity index (χ0) is 14.3. The highest BCUT2D eigenvalue weighted by Gasteiger charge is 2.45. The summed E-state index contributed by atoms with van der Waals surface area (Å²) >= 11 is 1.50. The molecule has 6 heteroatoms. The van der Waals surface area contributed by atoms with Gasteiger partial charge in [-0.05, 0) is 40.5 Å². The number of nitrogens with zero attached hydrogens (tertiary/aromatic N) is 1. The van der Waals surface area contributed by atoms with Gasteiger partial charge in [-0.1, -0.05) is 0 Å². The van der Waals surface area contributed by atoms with Gasteiger partial charge in [0.15, 0.2) is 5.13 Å². The molecule has 1 saturated carbocycles. The van der Waals surface area contributed by atoms with Crippen LogP contribution in [0.25, 0.3) is 0 Å². The number of anilines is 1. The molecule has 19 heavy (non-hydrogen) atoms. The Morgan fingerprint density at radius 1 is 1.53 bits per heavy atom. The monoisotopic (exact) mass is 283 g/mol. The third-order valence-corrected chi connectivity index (χ3v) is 4.45. The Hall–Kier alpha value is -1.14. The van der Waals surface area contributed by atoms with E-state index in [2.05, 4.69) is 10.3 Å². The number of amides is 1. The van der Waals surface area contributed by atoms with Crippen LogP contribution in [0, 0.1) is 6.92 Å². The van der Waals surface area contributed by atoms with E-state index in [1.54, 1.807) is 0 Å². The second-order valence-electron chi connectivity index (χ2n) is 6.04. The lowest BCUT2D eigenvalue weighted by Gasteiger charge is -2.18. The zero-order valence-corrected chi connectivity index (χ0v) is 12.7. The molecule has 0 spiro atoms. The van der Waals surface area contributed by atoms with Crippen LogP contribution >= 0.6 is 11.3 Å². The molecule has 5 nitrogen and oxygen atoms in total. The van der Waals surface area contributed by atoms with Crippen molar-refractivity contribution in [1.82, 2.24) is 4.98 Å². The number of aromatic nitrogens is 1. The standard InChI is InChI=1S/C13H21N3O2S/c1-8-9(13(7-14)5-6-13)19-10(15-8)16-11(17)18-12(2,3)4/h5-7,14H2,1-4H3,(H,15,16,17). The highest BCUT2D eigenvalue weighted by molar-refractivity contribution is 7.16. The van der Waals surface area contributed by atoms with Gasteiger partial charge in [0, 0.05) is 16.8 Å². The van der Waals surface area contributed by atoms with Crippen LogP contribution in [0.3, 0.4) is 0 Å².